The molecule has 2 amide bonds. The second kappa shape index (κ2) is 6.65. The van der Waals surface area contributed by atoms with Crippen LogP contribution in [0.2, 0.25) is 0 Å². The van der Waals surface area contributed by atoms with Crippen molar-refractivity contribution in [2.24, 2.45) is 0 Å². The van der Waals surface area contributed by atoms with Crippen LogP contribution in [-0.2, 0) is 11.3 Å². The summed E-state index contributed by atoms with van der Waals surface area (Å²) in [5, 5.41) is 9.15. The van der Waals surface area contributed by atoms with E-state index in [0.29, 0.717) is 24.7 Å². The van der Waals surface area contributed by atoms with Crippen LogP contribution in [0.5, 0.6) is 0 Å². The normalized spacial score (nSPS) is 18.1. The number of hydrogen-bond donors (Lipinski definition) is 1. The highest BCUT2D eigenvalue weighted by Gasteiger charge is 2.36. The summed E-state index contributed by atoms with van der Waals surface area (Å²) >= 11 is 1.48. The van der Waals surface area contributed by atoms with Crippen molar-refractivity contribution in [1.29, 1.82) is 0 Å². The van der Waals surface area contributed by atoms with E-state index < -0.39 is 12.0 Å². The first-order valence-corrected chi connectivity index (χ1v) is 7.69. The summed E-state index contributed by atoms with van der Waals surface area (Å²) in [5.41, 5.74) is 1.04. The molecule has 1 saturated heterocycles. The van der Waals surface area contributed by atoms with Crippen LogP contribution in [0.25, 0.3) is 0 Å². The van der Waals surface area contributed by atoms with Crippen LogP contribution >= 0.6 is 11.8 Å². The Balaban J connectivity index is 2.07. The van der Waals surface area contributed by atoms with Gasteiger partial charge in [-0.1, -0.05) is 30.3 Å². The minimum absolute atomic E-state index is 0.200. The molecule has 1 atom stereocenters. The Kier molecular flexibility index (Phi) is 4.89. The van der Waals surface area contributed by atoms with E-state index >= 15 is 0 Å². The van der Waals surface area contributed by atoms with Gasteiger partial charge in [-0.2, -0.15) is 0 Å². The van der Waals surface area contributed by atoms with Crippen LogP contribution in [0.4, 0.5) is 4.79 Å². The second-order valence-electron chi connectivity index (χ2n) is 4.61. The molecular weight excluding hydrogens is 276 g/mol. The van der Waals surface area contributed by atoms with Gasteiger partial charge in [0.05, 0.1) is 5.88 Å². The summed E-state index contributed by atoms with van der Waals surface area (Å²) in [6.45, 7) is 2.96. The first-order valence-electron chi connectivity index (χ1n) is 6.53. The molecule has 1 heterocycles. The standard InChI is InChI=1S/C14H18N2O3S/c1-2-15(8-11-6-4-3-5-7-11)14(19)16-10-20-9-12(16)13(17)18/h3-7,12H,2,8-10H2,1H3,(H,17,18)/t12-/m0/s1. The van der Waals surface area contributed by atoms with E-state index in [9.17, 15) is 9.59 Å². The van der Waals surface area contributed by atoms with E-state index in [1.807, 2.05) is 37.3 Å². The molecule has 0 unspecified atom stereocenters. The van der Waals surface area contributed by atoms with Crippen molar-refractivity contribution in [1.82, 2.24) is 9.80 Å². The van der Waals surface area contributed by atoms with Gasteiger partial charge in [0.25, 0.3) is 0 Å². The zero-order chi connectivity index (χ0) is 14.5. The van der Waals surface area contributed by atoms with Gasteiger partial charge < -0.3 is 14.9 Å². The Hall–Kier alpha value is -1.69. The molecule has 0 spiro atoms. The number of benzene rings is 1. The average Bonchev–Trinajstić information content (AvgIpc) is 2.94. The van der Waals surface area contributed by atoms with E-state index in [1.165, 1.54) is 16.7 Å². The van der Waals surface area contributed by atoms with Crippen LogP contribution in [0.3, 0.4) is 0 Å². The molecule has 20 heavy (non-hydrogen) atoms. The topological polar surface area (TPSA) is 60.9 Å². The number of carbonyl (C=O) groups is 2. The predicted octanol–water partition coefficient (Wildman–Crippen LogP) is 2.09. The van der Waals surface area contributed by atoms with Crippen LogP contribution in [-0.4, -0.2) is 51.1 Å². The minimum Gasteiger partial charge on any atom is -0.480 e. The number of carbonyl (C=O) groups excluding carboxylic acids is 1. The lowest BCUT2D eigenvalue weighted by molar-refractivity contribution is -0.140. The number of thioether (sulfide) groups is 1. The average molecular weight is 294 g/mol. The molecule has 0 bridgehead atoms. The first-order chi connectivity index (χ1) is 9.63. The smallest absolute Gasteiger partial charge is 0.327 e. The van der Waals surface area contributed by atoms with Crippen LogP contribution in [0.1, 0.15) is 12.5 Å². The van der Waals surface area contributed by atoms with E-state index in [4.69, 9.17) is 5.11 Å². The van der Waals surface area contributed by atoms with Gasteiger partial charge >= 0.3 is 12.0 Å². The van der Waals surface area contributed by atoms with E-state index in [2.05, 4.69) is 0 Å². The van der Waals surface area contributed by atoms with Gasteiger partial charge in [-0.25, -0.2) is 9.59 Å². The fourth-order valence-electron chi connectivity index (χ4n) is 2.14. The SMILES string of the molecule is CCN(Cc1ccccc1)C(=O)N1CSC[C@H]1C(=O)O. The molecule has 2 rings (SSSR count). The van der Waals surface area contributed by atoms with E-state index in [1.54, 1.807) is 4.90 Å². The number of urea groups is 1. The van der Waals surface area contributed by atoms with Crippen molar-refractivity contribution in [3.63, 3.8) is 0 Å². The lowest BCUT2D eigenvalue weighted by Gasteiger charge is -2.29. The maximum absolute atomic E-state index is 12.5. The zero-order valence-electron chi connectivity index (χ0n) is 11.4. The molecule has 1 aromatic carbocycles. The van der Waals surface area contributed by atoms with Gasteiger partial charge in [0.1, 0.15) is 6.04 Å². The largest absolute Gasteiger partial charge is 0.480 e. The van der Waals surface area contributed by atoms with E-state index in [-0.39, 0.29) is 6.03 Å². The molecule has 1 fully saturated rings. The number of carboxylic acids is 1. The highest BCUT2D eigenvalue weighted by molar-refractivity contribution is 7.99. The Bertz CT molecular complexity index is 481. The van der Waals surface area contributed by atoms with Crippen LogP contribution in [0, 0.1) is 0 Å². The fourth-order valence-corrected chi connectivity index (χ4v) is 3.27. The van der Waals surface area contributed by atoms with Gasteiger partial charge in [-0.3, -0.25) is 0 Å². The Morgan fingerprint density at radius 2 is 2.10 bits per heavy atom. The summed E-state index contributed by atoms with van der Waals surface area (Å²) in [6.07, 6.45) is 0. The van der Waals surface area contributed by atoms with Gasteiger partial charge in [-0.05, 0) is 12.5 Å². The highest BCUT2D eigenvalue weighted by Crippen LogP contribution is 2.23. The summed E-state index contributed by atoms with van der Waals surface area (Å²) in [6, 6.07) is 8.80. The zero-order valence-corrected chi connectivity index (χ0v) is 12.2. The Morgan fingerprint density at radius 1 is 1.40 bits per heavy atom. The molecule has 0 aromatic heterocycles. The number of rotatable bonds is 4. The molecule has 5 nitrogen and oxygen atoms in total. The number of carboxylic acid groups (broad SMARTS) is 1. The molecule has 0 radical (unpaired) electrons. The number of nitrogens with zero attached hydrogens (tertiary/aromatic N) is 2. The van der Waals surface area contributed by atoms with Crippen molar-refractivity contribution < 1.29 is 14.7 Å². The fraction of sp³-hybridized carbons (Fsp3) is 0.429. The summed E-state index contributed by atoms with van der Waals surface area (Å²) in [5.74, 6) is -0.0236. The lowest BCUT2D eigenvalue weighted by atomic mass is 10.2. The molecule has 108 valence electrons. The molecule has 6 heteroatoms. The minimum atomic E-state index is -0.931. The van der Waals surface area contributed by atoms with Crippen molar-refractivity contribution in [2.75, 3.05) is 18.2 Å². The summed E-state index contributed by atoms with van der Waals surface area (Å²) in [4.78, 5) is 26.8. The van der Waals surface area contributed by atoms with Crippen molar-refractivity contribution in [3.8, 4) is 0 Å². The van der Waals surface area contributed by atoms with Crippen LogP contribution in [0.15, 0.2) is 30.3 Å². The molecule has 1 aromatic rings. The van der Waals surface area contributed by atoms with Crippen molar-refractivity contribution in [3.05, 3.63) is 35.9 Å². The third kappa shape index (κ3) is 3.25. The molecule has 1 aliphatic heterocycles. The first kappa shape index (κ1) is 14.7. The van der Waals surface area contributed by atoms with Gasteiger partial charge in [0, 0.05) is 18.8 Å². The second-order valence-corrected chi connectivity index (χ2v) is 5.61. The number of aliphatic carboxylic acids is 1. The highest BCUT2D eigenvalue weighted by atomic mass is 32.2. The van der Waals surface area contributed by atoms with Gasteiger partial charge in [-0.15, -0.1) is 11.8 Å². The van der Waals surface area contributed by atoms with Gasteiger partial charge in [0.2, 0.25) is 0 Å². The molecular formula is C14H18N2O3S. The Morgan fingerprint density at radius 3 is 2.70 bits per heavy atom. The predicted molar refractivity (Wildman–Crippen MR) is 78.5 cm³/mol. The van der Waals surface area contributed by atoms with Gasteiger partial charge in [0.15, 0.2) is 0 Å². The summed E-state index contributed by atoms with van der Waals surface area (Å²) < 4.78 is 0. The number of hydrogen-bond acceptors (Lipinski definition) is 3. The van der Waals surface area contributed by atoms with E-state index in [0.717, 1.165) is 5.56 Å². The maximum atomic E-state index is 12.5. The molecule has 1 aliphatic rings. The van der Waals surface area contributed by atoms with Crippen LogP contribution < -0.4 is 0 Å². The third-order valence-electron chi connectivity index (χ3n) is 3.28. The van der Waals surface area contributed by atoms with Crippen molar-refractivity contribution >= 4 is 23.8 Å². The number of amides is 2. The van der Waals surface area contributed by atoms with Crippen molar-refractivity contribution in [2.45, 2.75) is 19.5 Å². The quantitative estimate of drug-likeness (QED) is 0.923. The molecule has 0 saturated carbocycles. The summed E-state index contributed by atoms with van der Waals surface area (Å²) in [7, 11) is 0. The Labute approximate surface area is 122 Å². The monoisotopic (exact) mass is 294 g/mol. The molecule has 1 N–H and O–H groups in total. The molecule has 0 aliphatic carbocycles. The maximum Gasteiger partial charge on any atom is 0.327 e. The lowest BCUT2D eigenvalue weighted by Crippen LogP contribution is -2.48. The third-order valence-corrected chi connectivity index (χ3v) is 4.29.